The molecule has 0 aliphatic carbocycles. The van der Waals surface area contributed by atoms with E-state index in [0.29, 0.717) is 34.5 Å². The molecule has 1 aliphatic rings. The second-order valence-electron chi connectivity index (χ2n) is 8.21. The number of halogens is 4. The third-order valence-electron chi connectivity index (χ3n) is 5.61. The fourth-order valence-electron chi connectivity index (χ4n) is 3.72. The normalized spacial score (nSPS) is 13.2. The van der Waals surface area contributed by atoms with Crippen molar-refractivity contribution in [2.45, 2.75) is 17.8 Å². The average Bonchev–Trinajstić information content (AvgIpc) is 3.46. The van der Waals surface area contributed by atoms with Crippen LogP contribution in [0.25, 0.3) is 0 Å². The summed E-state index contributed by atoms with van der Waals surface area (Å²) in [5.74, 6) is 1.32. The van der Waals surface area contributed by atoms with Crippen LogP contribution in [0.1, 0.15) is 11.1 Å². The van der Waals surface area contributed by atoms with E-state index in [4.69, 9.17) is 14.2 Å². The zero-order valence-electron chi connectivity index (χ0n) is 21.4. The van der Waals surface area contributed by atoms with Crippen molar-refractivity contribution in [3.8, 4) is 34.8 Å². The molecule has 0 spiro atoms. The van der Waals surface area contributed by atoms with E-state index in [9.17, 15) is 26.9 Å². The van der Waals surface area contributed by atoms with Crippen molar-refractivity contribution in [3.05, 3.63) is 69.3 Å². The van der Waals surface area contributed by atoms with E-state index in [0.717, 1.165) is 16.4 Å². The lowest BCUT2D eigenvalue weighted by molar-refractivity contribution is -0.274. The molecule has 0 amide bonds. The quantitative estimate of drug-likeness (QED) is 0.242. The summed E-state index contributed by atoms with van der Waals surface area (Å²) >= 11 is 3.06. The number of sulfonamides is 1. The lowest BCUT2D eigenvalue weighted by atomic mass is 10.2. The van der Waals surface area contributed by atoms with Crippen molar-refractivity contribution in [1.82, 2.24) is 4.31 Å². The molecule has 0 aromatic heterocycles. The Labute approximate surface area is 252 Å². The van der Waals surface area contributed by atoms with Crippen LogP contribution in [0.15, 0.2) is 64.5 Å². The number of benzene rings is 3. The van der Waals surface area contributed by atoms with Crippen LogP contribution in [0.3, 0.4) is 0 Å². The third kappa shape index (κ3) is 7.29. The molecule has 216 valence electrons. The predicted molar refractivity (Wildman–Crippen MR) is 154 cm³/mol. The molecule has 0 saturated heterocycles. The molecule has 9 nitrogen and oxygen atoms in total. The van der Waals surface area contributed by atoms with Crippen molar-refractivity contribution in [2.75, 3.05) is 26.5 Å². The van der Waals surface area contributed by atoms with E-state index < -0.39 is 22.1 Å². The van der Waals surface area contributed by atoms with Crippen molar-refractivity contribution in [3.63, 3.8) is 0 Å². The highest BCUT2D eigenvalue weighted by Crippen LogP contribution is 2.36. The van der Waals surface area contributed by atoms with Gasteiger partial charge in [-0.3, -0.25) is 4.99 Å². The summed E-state index contributed by atoms with van der Waals surface area (Å²) in [6, 6.07) is 14.2. The molecule has 0 N–H and O–H groups in total. The van der Waals surface area contributed by atoms with Crippen molar-refractivity contribution >= 4 is 49.5 Å². The van der Waals surface area contributed by atoms with Crippen LogP contribution in [0.2, 0.25) is 0 Å². The Kier molecular flexibility index (Phi) is 9.44. The summed E-state index contributed by atoms with van der Waals surface area (Å²) in [5.41, 5.74) is 0.473. The standard InChI is InChI=1S/C26H21F3IN3O6S2/c1-36-18-4-3-16(24(13-18)37-2)15-33(25-32-9-10-40-25)41(34,35)20-6-8-22(17(11-20)14-31)38-23-7-5-19(12-21(23)30)39-26(27,28)29/h3-8,11-13H,9-10,15H2,1-2H3. The van der Waals surface area contributed by atoms with Gasteiger partial charge in [0.05, 0.1) is 41.3 Å². The highest BCUT2D eigenvalue weighted by Gasteiger charge is 2.32. The van der Waals surface area contributed by atoms with Crippen LogP contribution < -0.4 is 18.9 Å². The zero-order valence-corrected chi connectivity index (χ0v) is 25.2. The number of thioether (sulfide) groups is 1. The SMILES string of the molecule is COc1ccc(CN(C2=NCCS2)S(=O)(=O)c2ccc(Oc3ccc(OC(F)(F)F)cc3I)c(C#N)c2)c(OC)c1. The van der Waals surface area contributed by atoms with Gasteiger partial charge < -0.3 is 18.9 Å². The van der Waals surface area contributed by atoms with Crippen LogP contribution in [0, 0.1) is 14.9 Å². The summed E-state index contributed by atoms with van der Waals surface area (Å²) in [6.07, 6.45) is -4.85. The first kappa shape index (κ1) is 30.6. The smallest absolute Gasteiger partial charge is 0.497 e. The maximum Gasteiger partial charge on any atom is 0.573 e. The Morgan fingerprint density at radius 2 is 1.76 bits per heavy atom. The molecule has 1 heterocycles. The largest absolute Gasteiger partial charge is 0.573 e. The molecule has 0 bridgehead atoms. The van der Waals surface area contributed by atoms with E-state index in [1.165, 1.54) is 50.2 Å². The van der Waals surface area contributed by atoms with Gasteiger partial charge in [0, 0.05) is 17.4 Å². The summed E-state index contributed by atoms with van der Waals surface area (Å²) < 4.78 is 87.2. The summed E-state index contributed by atoms with van der Waals surface area (Å²) in [7, 11) is -1.24. The van der Waals surface area contributed by atoms with Gasteiger partial charge in [-0.15, -0.1) is 13.2 Å². The molecule has 1 aliphatic heterocycles. The number of nitrogens with zero attached hydrogens (tertiary/aromatic N) is 3. The van der Waals surface area contributed by atoms with E-state index >= 15 is 0 Å². The summed E-state index contributed by atoms with van der Waals surface area (Å²) in [4.78, 5) is 4.18. The minimum Gasteiger partial charge on any atom is -0.497 e. The van der Waals surface area contributed by atoms with Gasteiger partial charge in [0.15, 0.2) is 5.17 Å². The maximum atomic E-state index is 13.9. The number of alkyl halides is 3. The van der Waals surface area contributed by atoms with E-state index in [1.54, 1.807) is 40.8 Å². The summed E-state index contributed by atoms with van der Waals surface area (Å²) in [5, 5.41) is 10.1. The Hall–Kier alpha value is -3.36. The number of nitriles is 1. The van der Waals surface area contributed by atoms with Gasteiger partial charge in [0.2, 0.25) is 0 Å². The van der Waals surface area contributed by atoms with Crippen molar-refractivity contribution < 1.29 is 40.5 Å². The number of methoxy groups -OCH3 is 2. The molecule has 0 atom stereocenters. The van der Waals surface area contributed by atoms with Crippen LogP contribution in [0.5, 0.6) is 28.7 Å². The van der Waals surface area contributed by atoms with Crippen molar-refractivity contribution in [1.29, 1.82) is 5.26 Å². The molecule has 4 rings (SSSR count). The average molecular weight is 720 g/mol. The number of aliphatic imine (C=N–C) groups is 1. The second kappa shape index (κ2) is 12.7. The van der Waals surface area contributed by atoms with Gasteiger partial charge in [0.1, 0.15) is 34.8 Å². The van der Waals surface area contributed by atoms with Crippen molar-refractivity contribution in [2.24, 2.45) is 4.99 Å². The van der Waals surface area contributed by atoms with E-state index in [1.807, 2.05) is 6.07 Å². The molecule has 41 heavy (non-hydrogen) atoms. The first-order chi connectivity index (χ1) is 19.4. The Bertz CT molecular complexity index is 1630. The Morgan fingerprint density at radius 3 is 2.37 bits per heavy atom. The molecule has 0 saturated carbocycles. The molecule has 15 heteroatoms. The number of amidine groups is 1. The molecular weight excluding hydrogens is 698 g/mol. The molecule has 0 radical (unpaired) electrons. The molecule has 3 aromatic carbocycles. The van der Waals surface area contributed by atoms with Crippen LogP contribution in [0.4, 0.5) is 13.2 Å². The molecule has 0 fully saturated rings. The first-order valence-corrected chi connectivity index (χ1v) is 15.1. The Balaban J connectivity index is 1.66. The van der Waals surface area contributed by atoms with E-state index in [2.05, 4.69) is 9.73 Å². The Morgan fingerprint density at radius 1 is 1.02 bits per heavy atom. The van der Waals surface area contributed by atoms with Gasteiger partial charge in [-0.25, -0.2) is 12.7 Å². The number of rotatable bonds is 9. The fraction of sp³-hybridized carbons (Fsp3) is 0.231. The lowest BCUT2D eigenvalue weighted by Crippen LogP contribution is -2.34. The van der Waals surface area contributed by atoms with E-state index in [-0.39, 0.29) is 32.1 Å². The van der Waals surface area contributed by atoms with Crippen LogP contribution in [-0.4, -0.2) is 50.8 Å². The highest BCUT2D eigenvalue weighted by atomic mass is 127. The second-order valence-corrected chi connectivity index (χ2v) is 12.3. The van der Waals surface area contributed by atoms with Crippen LogP contribution >= 0.6 is 34.4 Å². The first-order valence-electron chi connectivity index (χ1n) is 11.6. The van der Waals surface area contributed by atoms with Gasteiger partial charge in [-0.1, -0.05) is 11.8 Å². The van der Waals surface area contributed by atoms with Gasteiger partial charge in [-0.2, -0.15) is 5.26 Å². The van der Waals surface area contributed by atoms with Crippen LogP contribution in [-0.2, 0) is 16.6 Å². The monoisotopic (exact) mass is 719 g/mol. The number of ether oxygens (including phenoxy) is 4. The highest BCUT2D eigenvalue weighted by molar-refractivity contribution is 14.1. The molecular formula is C26H21F3IN3O6S2. The lowest BCUT2D eigenvalue weighted by Gasteiger charge is -2.25. The topological polar surface area (TPSA) is 110 Å². The minimum absolute atomic E-state index is 0.0183. The van der Waals surface area contributed by atoms with Gasteiger partial charge in [0.25, 0.3) is 10.0 Å². The maximum absolute atomic E-state index is 13.9. The van der Waals surface area contributed by atoms with Gasteiger partial charge in [-0.05, 0) is 71.1 Å². The minimum atomic E-state index is -4.85. The predicted octanol–water partition coefficient (Wildman–Crippen LogP) is 6.16. The molecule has 3 aromatic rings. The summed E-state index contributed by atoms with van der Waals surface area (Å²) in [6.45, 7) is 0.361. The van der Waals surface area contributed by atoms with Gasteiger partial charge >= 0.3 is 6.36 Å². The third-order valence-corrected chi connectivity index (χ3v) is 9.29. The fourth-order valence-corrected chi connectivity index (χ4v) is 6.86. The number of hydrogen-bond acceptors (Lipinski definition) is 9. The number of hydrogen-bond donors (Lipinski definition) is 0. The zero-order chi connectivity index (χ0) is 29.8. The molecule has 0 unspecified atom stereocenters.